The fraction of sp³-hybridized carbons (Fsp3) is 0.688. The SMILES string of the molecule is CC1CCCN(c2ccc(Cl)c(CNC(C)(C)C)n2)C1. The molecule has 112 valence electrons. The topological polar surface area (TPSA) is 28.2 Å². The molecule has 1 saturated heterocycles. The fourth-order valence-corrected chi connectivity index (χ4v) is 2.69. The molecule has 1 aliphatic rings. The van der Waals surface area contributed by atoms with Crippen molar-refractivity contribution in [3.05, 3.63) is 22.8 Å². The van der Waals surface area contributed by atoms with Crippen LogP contribution in [-0.2, 0) is 6.54 Å². The minimum Gasteiger partial charge on any atom is -0.356 e. The number of halogens is 1. The average Bonchev–Trinajstić information content (AvgIpc) is 2.37. The second-order valence-electron chi connectivity index (χ2n) is 6.89. The van der Waals surface area contributed by atoms with Gasteiger partial charge in [-0.2, -0.15) is 0 Å². The van der Waals surface area contributed by atoms with Crippen molar-refractivity contribution in [2.75, 3.05) is 18.0 Å². The minimum atomic E-state index is 0.0701. The van der Waals surface area contributed by atoms with Gasteiger partial charge in [-0.15, -0.1) is 0 Å². The van der Waals surface area contributed by atoms with Gasteiger partial charge in [0.2, 0.25) is 0 Å². The molecule has 3 nitrogen and oxygen atoms in total. The number of nitrogens with zero attached hydrogens (tertiary/aromatic N) is 2. The highest BCUT2D eigenvalue weighted by Gasteiger charge is 2.19. The zero-order chi connectivity index (χ0) is 14.8. The lowest BCUT2D eigenvalue weighted by atomic mass is 10.0. The van der Waals surface area contributed by atoms with Crippen molar-refractivity contribution in [1.82, 2.24) is 10.3 Å². The predicted molar refractivity (Wildman–Crippen MR) is 86.5 cm³/mol. The van der Waals surface area contributed by atoms with E-state index in [-0.39, 0.29) is 5.54 Å². The summed E-state index contributed by atoms with van der Waals surface area (Å²) in [5, 5.41) is 4.20. The van der Waals surface area contributed by atoms with Crippen LogP contribution < -0.4 is 10.2 Å². The van der Waals surface area contributed by atoms with Crippen LogP contribution in [-0.4, -0.2) is 23.6 Å². The van der Waals surface area contributed by atoms with E-state index in [9.17, 15) is 0 Å². The van der Waals surface area contributed by atoms with Gasteiger partial charge in [0, 0.05) is 25.2 Å². The van der Waals surface area contributed by atoms with Gasteiger partial charge in [-0.1, -0.05) is 18.5 Å². The first kappa shape index (κ1) is 15.6. The first-order valence-corrected chi connectivity index (χ1v) is 7.88. The summed E-state index contributed by atoms with van der Waals surface area (Å²) in [7, 11) is 0. The molecule has 1 aromatic heterocycles. The van der Waals surface area contributed by atoms with Gasteiger partial charge in [0.25, 0.3) is 0 Å². The Balaban J connectivity index is 2.11. The molecule has 0 aliphatic carbocycles. The lowest BCUT2D eigenvalue weighted by molar-refractivity contribution is 0.420. The Kier molecular flexibility index (Phi) is 4.92. The molecule has 2 heterocycles. The average molecular weight is 296 g/mol. The molecule has 1 unspecified atom stereocenters. The molecule has 0 bridgehead atoms. The molecule has 1 aromatic rings. The Morgan fingerprint density at radius 3 is 2.80 bits per heavy atom. The Morgan fingerprint density at radius 2 is 2.15 bits per heavy atom. The van der Waals surface area contributed by atoms with E-state index >= 15 is 0 Å². The smallest absolute Gasteiger partial charge is 0.128 e. The van der Waals surface area contributed by atoms with E-state index in [4.69, 9.17) is 16.6 Å². The van der Waals surface area contributed by atoms with Crippen molar-refractivity contribution in [2.45, 2.75) is 52.6 Å². The van der Waals surface area contributed by atoms with Gasteiger partial charge in [-0.05, 0) is 51.7 Å². The highest BCUT2D eigenvalue weighted by Crippen LogP contribution is 2.24. The zero-order valence-corrected chi connectivity index (χ0v) is 13.8. The molecule has 4 heteroatoms. The van der Waals surface area contributed by atoms with Gasteiger partial charge in [0.15, 0.2) is 0 Å². The second-order valence-corrected chi connectivity index (χ2v) is 7.30. The van der Waals surface area contributed by atoms with Crippen LogP contribution in [0.25, 0.3) is 0 Å². The van der Waals surface area contributed by atoms with Crippen LogP contribution >= 0.6 is 11.6 Å². The number of hydrogen-bond donors (Lipinski definition) is 1. The molecule has 0 amide bonds. The van der Waals surface area contributed by atoms with Crippen LogP contribution in [0.4, 0.5) is 5.82 Å². The lowest BCUT2D eigenvalue weighted by Crippen LogP contribution is -2.36. The quantitative estimate of drug-likeness (QED) is 0.918. The van der Waals surface area contributed by atoms with E-state index in [0.717, 1.165) is 35.5 Å². The first-order chi connectivity index (χ1) is 9.35. The maximum absolute atomic E-state index is 6.27. The van der Waals surface area contributed by atoms with E-state index in [1.54, 1.807) is 0 Å². The van der Waals surface area contributed by atoms with Crippen molar-refractivity contribution >= 4 is 17.4 Å². The van der Waals surface area contributed by atoms with Gasteiger partial charge in [-0.25, -0.2) is 4.98 Å². The number of rotatable bonds is 3. The molecule has 1 fully saturated rings. The summed E-state index contributed by atoms with van der Waals surface area (Å²) in [5.74, 6) is 1.81. The Morgan fingerprint density at radius 1 is 1.40 bits per heavy atom. The molecule has 20 heavy (non-hydrogen) atoms. The maximum Gasteiger partial charge on any atom is 0.128 e. The molecular formula is C16H26ClN3. The summed E-state index contributed by atoms with van der Waals surface area (Å²) < 4.78 is 0. The molecule has 1 N–H and O–H groups in total. The summed E-state index contributed by atoms with van der Waals surface area (Å²) in [5.41, 5.74) is 1.01. The third-order valence-corrected chi connectivity index (χ3v) is 4.02. The van der Waals surface area contributed by atoms with Crippen molar-refractivity contribution in [3.8, 4) is 0 Å². The van der Waals surface area contributed by atoms with Gasteiger partial charge in [0.05, 0.1) is 10.7 Å². The van der Waals surface area contributed by atoms with E-state index in [1.165, 1.54) is 12.8 Å². The molecule has 1 aliphatic heterocycles. The van der Waals surface area contributed by atoms with Crippen LogP contribution in [0.3, 0.4) is 0 Å². The molecule has 0 saturated carbocycles. The van der Waals surface area contributed by atoms with Crippen molar-refractivity contribution in [1.29, 1.82) is 0 Å². The van der Waals surface area contributed by atoms with Crippen LogP contribution in [0.1, 0.15) is 46.2 Å². The number of hydrogen-bond acceptors (Lipinski definition) is 3. The summed E-state index contributed by atoms with van der Waals surface area (Å²) in [6, 6.07) is 4.02. The Hall–Kier alpha value is -0.800. The minimum absolute atomic E-state index is 0.0701. The molecule has 0 aromatic carbocycles. The summed E-state index contributed by atoms with van der Waals surface area (Å²) in [6.45, 7) is 11.7. The Labute approximate surface area is 127 Å². The van der Waals surface area contributed by atoms with E-state index in [1.807, 2.05) is 12.1 Å². The maximum atomic E-state index is 6.27. The molecular weight excluding hydrogens is 270 g/mol. The molecule has 1 atom stereocenters. The molecule has 2 rings (SSSR count). The summed E-state index contributed by atoms with van der Waals surface area (Å²) >= 11 is 6.27. The summed E-state index contributed by atoms with van der Waals surface area (Å²) in [6.07, 6.45) is 2.57. The number of aromatic nitrogens is 1. The highest BCUT2D eigenvalue weighted by atomic mass is 35.5. The number of nitrogens with one attached hydrogen (secondary N) is 1. The lowest BCUT2D eigenvalue weighted by Gasteiger charge is -2.32. The van der Waals surface area contributed by atoms with Gasteiger partial charge in [0.1, 0.15) is 5.82 Å². The van der Waals surface area contributed by atoms with Crippen molar-refractivity contribution in [2.24, 2.45) is 5.92 Å². The van der Waals surface area contributed by atoms with Gasteiger partial charge in [-0.3, -0.25) is 0 Å². The van der Waals surface area contributed by atoms with Gasteiger partial charge < -0.3 is 10.2 Å². The van der Waals surface area contributed by atoms with Crippen LogP contribution in [0.2, 0.25) is 5.02 Å². The van der Waals surface area contributed by atoms with Crippen molar-refractivity contribution in [3.63, 3.8) is 0 Å². The largest absolute Gasteiger partial charge is 0.356 e. The second kappa shape index (κ2) is 6.31. The summed E-state index contributed by atoms with van der Waals surface area (Å²) in [4.78, 5) is 7.14. The molecule has 0 radical (unpaired) electrons. The molecule has 0 spiro atoms. The highest BCUT2D eigenvalue weighted by molar-refractivity contribution is 6.31. The zero-order valence-electron chi connectivity index (χ0n) is 13.0. The van der Waals surface area contributed by atoms with Crippen LogP contribution in [0.5, 0.6) is 0 Å². The van der Waals surface area contributed by atoms with Crippen LogP contribution in [0, 0.1) is 5.92 Å². The number of pyridine rings is 1. The number of anilines is 1. The Bertz CT molecular complexity index is 454. The fourth-order valence-electron chi connectivity index (χ4n) is 2.52. The monoisotopic (exact) mass is 295 g/mol. The first-order valence-electron chi connectivity index (χ1n) is 7.50. The number of piperidine rings is 1. The standard InChI is InChI=1S/C16H26ClN3/c1-12-6-5-9-20(11-12)15-8-7-13(17)14(19-15)10-18-16(2,3)4/h7-8,12,18H,5-6,9-11H2,1-4H3. The van der Waals surface area contributed by atoms with Gasteiger partial charge >= 0.3 is 0 Å². The predicted octanol–water partition coefficient (Wildman–Crippen LogP) is 3.86. The van der Waals surface area contributed by atoms with Crippen LogP contribution in [0.15, 0.2) is 12.1 Å². The third kappa shape index (κ3) is 4.35. The van der Waals surface area contributed by atoms with E-state index in [0.29, 0.717) is 6.54 Å². The third-order valence-electron chi connectivity index (χ3n) is 3.67. The normalized spacial score (nSPS) is 20.2. The van der Waals surface area contributed by atoms with E-state index < -0.39 is 0 Å². The van der Waals surface area contributed by atoms with E-state index in [2.05, 4.69) is 37.9 Å². The van der Waals surface area contributed by atoms with Crippen molar-refractivity contribution < 1.29 is 0 Å².